The molecule has 5 heteroatoms. The summed E-state index contributed by atoms with van der Waals surface area (Å²) < 4.78 is 0. The minimum atomic E-state index is -0.733. The summed E-state index contributed by atoms with van der Waals surface area (Å²) in [6.07, 6.45) is 3.90. The van der Waals surface area contributed by atoms with E-state index in [0.717, 1.165) is 32.4 Å². The predicted molar refractivity (Wildman–Crippen MR) is 74.6 cm³/mol. The molecule has 1 unspecified atom stereocenters. The van der Waals surface area contributed by atoms with Gasteiger partial charge in [-0.25, -0.2) is 0 Å². The number of hydrogen-bond donors (Lipinski definition) is 2. The van der Waals surface area contributed by atoms with Crippen LogP contribution in [0.4, 0.5) is 0 Å². The van der Waals surface area contributed by atoms with Crippen LogP contribution in [-0.2, 0) is 4.79 Å². The second-order valence-corrected chi connectivity index (χ2v) is 6.36. The van der Waals surface area contributed by atoms with Gasteiger partial charge in [0.25, 0.3) is 0 Å². The highest BCUT2D eigenvalue weighted by Gasteiger charge is 2.37. The molecule has 19 heavy (non-hydrogen) atoms. The van der Waals surface area contributed by atoms with Crippen molar-refractivity contribution in [2.24, 2.45) is 11.7 Å². The molecule has 0 bridgehead atoms. The van der Waals surface area contributed by atoms with E-state index in [-0.39, 0.29) is 11.8 Å². The monoisotopic (exact) mass is 269 g/mol. The van der Waals surface area contributed by atoms with Crippen molar-refractivity contribution in [3.05, 3.63) is 0 Å². The zero-order valence-corrected chi connectivity index (χ0v) is 12.1. The van der Waals surface area contributed by atoms with E-state index in [4.69, 9.17) is 5.73 Å². The maximum absolute atomic E-state index is 12.5. The summed E-state index contributed by atoms with van der Waals surface area (Å²) in [5.74, 6) is 0.321. The number of carbonyl (C=O) groups excluding carboxylic acids is 1. The third-order valence-electron chi connectivity index (χ3n) is 4.91. The van der Waals surface area contributed by atoms with E-state index >= 15 is 0 Å². The average Bonchev–Trinajstić information content (AvgIpc) is 2.85. The van der Waals surface area contributed by atoms with Gasteiger partial charge in [-0.05, 0) is 45.7 Å². The van der Waals surface area contributed by atoms with E-state index in [9.17, 15) is 9.90 Å². The molecule has 1 amide bonds. The molecule has 2 fully saturated rings. The molecule has 2 aliphatic rings. The molecule has 1 aliphatic carbocycles. The standard InChI is InChI=1S/C14H27N3O2/c1-16-8-5-12(9-16)17(2)13(18)11-3-6-14(19,10-15)7-4-11/h11-12,19H,3-10,15H2,1-2H3. The van der Waals surface area contributed by atoms with Crippen molar-refractivity contribution in [1.29, 1.82) is 0 Å². The van der Waals surface area contributed by atoms with Crippen LogP contribution >= 0.6 is 0 Å². The second kappa shape index (κ2) is 5.77. The molecule has 0 aromatic rings. The minimum Gasteiger partial charge on any atom is -0.389 e. The smallest absolute Gasteiger partial charge is 0.225 e. The second-order valence-electron chi connectivity index (χ2n) is 6.36. The summed E-state index contributed by atoms with van der Waals surface area (Å²) in [6.45, 7) is 2.35. The zero-order valence-electron chi connectivity index (χ0n) is 12.1. The van der Waals surface area contributed by atoms with E-state index in [1.54, 1.807) is 0 Å². The van der Waals surface area contributed by atoms with Crippen LogP contribution in [0.5, 0.6) is 0 Å². The van der Waals surface area contributed by atoms with Gasteiger partial charge in [-0.2, -0.15) is 0 Å². The fraction of sp³-hybridized carbons (Fsp3) is 0.929. The number of likely N-dealkylation sites (tertiary alicyclic amines) is 1. The van der Waals surface area contributed by atoms with Gasteiger partial charge >= 0.3 is 0 Å². The number of likely N-dealkylation sites (N-methyl/N-ethyl adjacent to an activating group) is 2. The maximum atomic E-state index is 12.5. The SMILES string of the molecule is CN1CCC(N(C)C(=O)C2CCC(O)(CN)CC2)C1. The fourth-order valence-electron chi connectivity index (χ4n) is 3.30. The van der Waals surface area contributed by atoms with Crippen molar-refractivity contribution in [3.8, 4) is 0 Å². The molecule has 1 saturated heterocycles. The van der Waals surface area contributed by atoms with Crippen LogP contribution in [0.2, 0.25) is 0 Å². The van der Waals surface area contributed by atoms with Crippen molar-refractivity contribution in [1.82, 2.24) is 9.80 Å². The average molecular weight is 269 g/mol. The molecule has 1 heterocycles. The molecular weight excluding hydrogens is 242 g/mol. The van der Waals surface area contributed by atoms with Gasteiger partial charge in [0.15, 0.2) is 0 Å². The molecule has 1 saturated carbocycles. The lowest BCUT2D eigenvalue weighted by atomic mass is 9.78. The largest absolute Gasteiger partial charge is 0.389 e. The lowest BCUT2D eigenvalue weighted by Crippen LogP contribution is -2.46. The van der Waals surface area contributed by atoms with Gasteiger partial charge in [-0.15, -0.1) is 0 Å². The molecule has 0 aromatic carbocycles. The van der Waals surface area contributed by atoms with E-state index in [0.29, 0.717) is 25.4 Å². The number of carbonyl (C=O) groups is 1. The van der Waals surface area contributed by atoms with Crippen LogP contribution in [0.3, 0.4) is 0 Å². The summed E-state index contributed by atoms with van der Waals surface area (Å²) in [4.78, 5) is 16.7. The first-order valence-electron chi connectivity index (χ1n) is 7.33. The molecular formula is C14H27N3O2. The van der Waals surface area contributed by atoms with Gasteiger partial charge in [0.1, 0.15) is 0 Å². The number of rotatable bonds is 3. The number of aliphatic hydroxyl groups is 1. The first kappa shape index (κ1) is 14.8. The Hall–Kier alpha value is -0.650. The van der Waals surface area contributed by atoms with Crippen molar-refractivity contribution in [2.45, 2.75) is 43.7 Å². The Bertz CT molecular complexity index is 327. The maximum Gasteiger partial charge on any atom is 0.225 e. The summed E-state index contributed by atoms with van der Waals surface area (Å²) in [6, 6.07) is 0.354. The summed E-state index contributed by atoms with van der Waals surface area (Å²) >= 11 is 0. The lowest BCUT2D eigenvalue weighted by molar-refractivity contribution is -0.139. The first-order valence-corrected chi connectivity index (χ1v) is 7.33. The Morgan fingerprint density at radius 2 is 2.05 bits per heavy atom. The molecule has 5 nitrogen and oxygen atoms in total. The number of nitrogens with two attached hydrogens (primary N) is 1. The summed E-state index contributed by atoms with van der Waals surface area (Å²) in [5, 5.41) is 10.1. The highest BCUT2D eigenvalue weighted by atomic mass is 16.3. The molecule has 2 rings (SSSR count). The van der Waals surface area contributed by atoms with Crippen LogP contribution in [0.1, 0.15) is 32.1 Å². The third kappa shape index (κ3) is 3.27. The minimum absolute atomic E-state index is 0.0720. The van der Waals surface area contributed by atoms with Gasteiger partial charge in [-0.1, -0.05) is 0 Å². The van der Waals surface area contributed by atoms with Gasteiger partial charge in [0.05, 0.1) is 5.60 Å². The molecule has 3 N–H and O–H groups in total. The molecule has 110 valence electrons. The molecule has 1 aliphatic heterocycles. The van der Waals surface area contributed by atoms with E-state index in [1.807, 2.05) is 11.9 Å². The molecule has 0 radical (unpaired) electrons. The fourth-order valence-corrected chi connectivity index (χ4v) is 3.30. The Morgan fingerprint density at radius 1 is 1.42 bits per heavy atom. The Morgan fingerprint density at radius 3 is 2.53 bits per heavy atom. The van der Waals surface area contributed by atoms with Gasteiger partial charge in [0, 0.05) is 32.1 Å². The van der Waals surface area contributed by atoms with Crippen molar-refractivity contribution < 1.29 is 9.90 Å². The van der Waals surface area contributed by atoms with Crippen LogP contribution in [-0.4, -0.2) is 66.2 Å². The van der Waals surface area contributed by atoms with Gasteiger partial charge < -0.3 is 20.6 Å². The Labute approximate surface area is 115 Å². The Balaban J connectivity index is 1.87. The highest BCUT2D eigenvalue weighted by Crippen LogP contribution is 2.33. The van der Waals surface area contributed by atoms with Crippen LogP contribution in [0.25, 0.3) is 0 Å². The summed E-state index contributed by atoms with van der Waals surface area (Å²) in [5.41, 5.74) is 4.85. The third-order valence-corrected chi connectivity index (χ3v) is 4.91. The van der Waals surface area contributed by atoms with E-state index in [1.165, 1.54) is 0 Å². The normalized spacial score (nSPS) is 36.4. The zero-order chi connectivity index (χ0) is 14.0. The number of nitrogens with zero attached hydrogens (tertiary/aromatic N) is 2. The molecule has 0 aromatic heterocycles. The number of amides is 1. The van der Waals surface area contributed by atoms with Crippen LogP contribution in [0.15, 0.2) is 0 Å². The van der Waals surface area contributed by atoms with Crippen molar-refractivity contribution >= 4 is 5.91 Å². The first-order chi connectivity index (χ1) is 8.95. The highest BCUT2D eigenvalue weighted by molar-refractivity contribution is 5.79. The summed E-state index contributed by atoms with van der Waals surface area (Å²) in [7, 11) is 4.02. The van der Waals surface area contributed by atoms with Crippen LogP contribution < -0.4 is 5.73 Å². The molecule has 0 spiro atoms. The lowest BCUT2D eigenvalue weighted by Gasteiger charge is -2.37. The number of hydrogen-bond acceptors (Lipinski definition) is 4. The Kier molecular flexibility index (Phi) is 4.48. The van der Waals surface area contributed by atoms with Gasteiger partial charge in [0.2, 0.25) is 5.91 Å². The van der Waals surface area contributed by atoms with Crippen LogP contribution in [0, 0.1) is 5.92 Å². The quantitative estimate of drug-likeness (QED) is 0.758. The van der Waals surface area contributed by atoms with Gasteiger partial charge in [-0.3, -0.25) is 4.79 Å². The topological polar surface area (TPSA) is 69.8 Å². The van der Waals surface area contributed by atoms with E-state index in [2.05, 4.69) is 11.9 Å². The van der Waals surface area contributed by atoms with Crippen molar-refractivity contribution in [3.63, 3.8) is 0 Å². The predicted octanol–water partition coefficient (Wildman–Crippen LogP) is 0.0289. The van der Waals surface area contributed by atoms with Crippen molar-refractivity contribution in [2.75, 3.05) is 33.7 Å². The molecule has 1 atom stereocenters. The van der Waals surface area contributed by atoms with E-state index < -0.39 is 5.60 Å².